The van der Waals surface area contributed by atoms with Crippen LogP contribution in [0.15, 0.2) is 40.9 Å². The molecular weight excluding hydrogens is 505 g/mol. The molecule has 4 aromatic rings. The van der Waals surface area contributed by atoms with Gasteiger partial charge < -0.3 is 19.3 Å². The van der Waals surface area contributed by atoms with Gasteiger partial charge in [-0.25, -0.2) is 14.2 Å². The molecule has 3 aliphatic rings. The standard InChI is InChI=1S/C29H28FN3O4S/c1-15-4-2-3-5-21(15)25-22(27(37-32-25)16-6-7-16)14-36-20-12-18-8-9-19(13-20)33(18)29-31-26-23(30)10-17(28(34)35)11-24(26)38-29/h2-5,10-11,16,18-20H,6-9,12-14H2,1H3,(H,34,35)/t18-,19+,20?. The van der Waals surface area contributed by atoms with Crippen LogP contribution in [0.5, 0.6) is 0 Å². The summed E-state index contributed by atoms with van der Waals surface area (Å²) in [7, 11) is 0. The molecule has 38 heavy (non-hydrogen) atoms. The Labute approximate surface area is 223 Å². The summed E-state index contributed by atoms with van der Waals surface area (Å²) in [6.45, 7) is 2.57. The van der Waals surface area contributed by atoms with Crippen molar-refractivity contribution in [2.75, 3.05) is 4.90 Å². The molecule has 1 unspecified atom stereocenters. The molecule has 7 rings (SSSR count). The monoisotopic (exact) mass is 533 g/mol. The Morgan fingerprint density at radius 3 is 2.66 bits per heavy atom. The van der Waals surface area contributed by atoms with Gasteiger partial charge in [0.05, 0.1) is 23.0 Å². The van der Waals surface area contributed by atoms with Gasteiger partial charge in [-0.1, -0.05) is 40.8 Å². The van der Waals surface area contributed by atoms with Gasteiger partial charge >= 0.3 is 5.97 Å². The number of carboxylic acids is 1. The Bertz CT molecular complexity index is 1530. The summed E-state index contributed by atoms with van der Waals surface area (Å²) in [5, 5.41) is 14.5. The smallest absolute Gasteiger partial charge is 0.335 e. The third-order valence-corrected chi connectivity index (χ3v) is 9.24. The van der Waals surface area contributed by atoms with Crippen LogP contribution in [0.25, 0.3) is 21.5 Å². The Morgan fingerprint density at radius 2 is 1.95 bits per heavy atom. The van der Waals surface area contributed by atoms with E-state index in [1.54, 1.807) is 0 Å². The fraction of sp³-hybridized carbons (Fsp3) is 0.414. The van der Waals surface area contributed by atoms with Gasteiger partial charge in [-0.3, -0.25) is 0 Å². The lowest BCUT2D eigenvalue weighted by Crippen LogP contribution is -2.45. The number of aromatic carboxylic acids is 1. The number of aryl methyl sites for hydroxylation is 1. The lowest BCUT2D eigenvalue weighted by atomic mass is 9.99. The first-order valence-electron chi connectivity index (χ1n) is 13.2. The van der Waals surface area contributed by atoms with Gasteiger partial charge in [-0.2, -0.15) is 0 Å². The summed E-state index contributed by atoms with van der Waals surface area (Å²) >= 11 is 1.37. The van der Waals surface area contributed by atoms with Crippen LogP contribution in [0.1, 0.15) is 71.7 Å². The van der Waals surface area contributed by atoms with Crippen molar-refractivity contribution in [3.8, 4) is 11.3 Å². The number of thiazole rings is 1. The molecule has 0 spiro atoms. The average Bonchev–Trinajstić information content (AvgIpc) is 3.41. The molecule has 9 heteroatoms. The molecule has 2 aliphatic heterocycles. The van der Waals surface area contributed by atoms with Gasteiger partial charge in [0.1, 0.15) is 17.0 Å². The Hall–Kier alpha value is -3.30. The molecule has 0 amide bonds. The lowest BCUT2D eigenvalue weighted by Gasteiger charge is -2.38. The van der Waals surface area contributed by atoms with E-state index in [-0.39, 0.29) is 29.3 Å². The first kappa shape index (κ1) is 23.8. The van der Waals surface area contributed by atoms with Crippen molar-refractivity contribution in [3.63, 3.8) is 0 Å². The Kier molecular flexibility index (Phi) is 5.74. The summed E-state index contributed by atoms with van der Waals surface area (Å²) in [6.07, 6.45) is 6.21. The minimum atomic E-state index is -1.14. The minimum absolute atomic E-state index is 0.0513. The van der Waals surface area contributed by atoms with Crippen LogP contribution in [0, 0.1) is 12.7 Å². The van der Waals surface area contributed by atoms with Crippen LogP contribution in [0.4, 0.5) is 9.52 Å². The molecule has 3 fully saturated rings. The van der Waals surface area contributed by atoms with Crippen LogP contribution in [0.2, 0.25) is 0 Å². The second-order valence-corrected chi connectivity index (χ2v) is 11.8. The van der Waals surface area contributed by atoms with Crippen molar-refractivity contribution in [2.24, 2.45) is 0 Å². The molecular formula is C29H28FN3O4S. The molecule has 1 N–H and O–H groups in total. The fourth-order valence-corrected chi connectivity index (χ4v) is 7.33. The number of aromatic nitrogens is 2. The summed E-state index contributed by atoms with van der Waals surface area (Å²) in [5.41, 5.74) is 4.42. The summed E-state index contributed by atoms with van der Waals surface area (Å²) in [4.78, 5) is 18.3. The van der Waals surface area contributed by atoms with Gasteiger partial charge in [-0.05, 0) is 63.1 Å². The second kappa shape index (κ2) is 9.17. The van der Waals surface area contributed by atoms with E-state index in [1.807, 2.05) is 12.1 Å². The van der Waals surface area contributed by atoms with E-state index in [4.69, 9.17) is 9.26 Å². The van der Waals surface area contributed by atoms with E-state index >= 15 is 0 Å². The number of benzene rings is 2. The van der Waals surface area contributed by atoms with Crippen molar-refractivity contribution in [1.82, 2.24) is 10.1 Å². The van der Waals surface area contributed by atoms with Gasteiger partial charge in [0.15, 0.2) is 10.9 Å². The molecule has 1 aliphatic carbocycles. The SMILES string of the molecule is Cc1ccccc1-c1noc(C2CC2)c1COC1C[C@H]2CC[C@@H](C1)N2c1nc2c(F)cc(C(=O)O)cc2s1. The van der Waals surface area contributed by atoms with Crippen LogP contribution >= 0.6 is 11.3 Å². The molecule has 1 saturated carbocycles. The number of rotatable bonds is 7. The lowest BCUT2D eigenvalue weighted by molar-refractivity contribution is 0.0147. The predicted octanol–water partition coefficient (Wildman–Crippen LogP) is 6.69. The number of anilines is 1. The van der Waals surface area contributed by atoms with E-state index in [9.17, 15) is 14.3 Å². The van der Waals surface area contributed by atoms with Crippen LogP contribution in [0.3, 0.4) is 0 Å². The number of halogens is 1. The summed E-state index contributed by atoms with van der Waals surface area (Å²) in [6, 6.07) is 11.3. The molecule has 4 heterocycles. The number of nitrogens with zero attached hydrogens (tertiary/aromatic N) is 3. The highest BCUT2D eigenvalue weighted by Gasteiger charge is 2.43. The van der Waals surface area contributed by atoms with Crippen molar-refractivity contribution in [1.29, 1.82) is 0 Å². The third-order valence-electron chi connectivity index (χ3n) is 8.23. The second-order valence-electron chi connectivity index (χ2n) is 10.8. The van der Waals surface area contributed by atoms with E-state index in [0.717, 1.165) is 72.3 Å². The molecule has 2 aromatic carbocycles. The maximum absolute atomic E-state index is 14.6. The van der Waals surface area contributed by atoms with E-state index < -0.39 is 11.8 Å². The average molecular weight is 534 g/mol. The number of carboxylic acid groups (broad SMARTS) is 1. The first-order valence-corrected chi connectivity index (χ1v) is 14.1. The maximum Gasteiger partial charge on any atom is 0.335 e. The normalized spacial score (nSPS) is 22.9. The number of fused-ring (bicyclic) bond motifs is 3. The predicted molar refractivity (Wildman–Crippen MR) is 142 cm³/mol. The van der Waals surface area contributed by atoms with Crippen molar-refractivity contribution in [2.45, 2.75) is 76.2 Å². The number of ether oxygens (including phenoxy) is 1. The number of hydrogen-bond donors (Lipinski definition) is 1. The number of piperidine rings is 1. The van der Waals surface area contributed by atoms with Crippen LogP contribution in [-0.4, -0.2) is 39.4 Å². The van der Waals surface area contributed by atoms with Crippen LogP contribution in [-0.2, 0) is 11.3 Å². The van der Waals surface area contributed by atoms with Gasteiger partial charge in [0.2, 0.25) is 0 Å². The van der Waals surface area contributed by atoms with E-state index in [0.29, 0.717) is 17.2 Å². The van der Waals surface area contributed by atoms with E-state index in [1.165, 1.54) is 23.0 Å². The fourth-order valence-electron chi connectivity index (χ4n) is 6.17. The van der Waals surface area contributed by atoms with Crippen LogP contribution < -0.4 is 4.90 Å². The Morgan fingerprint density at radius 1 is 1.18 bits per heavy atom. The topological polar surface area (TPSA) is 88.7 Å². The Balaban J connectivity index is 1.10. The zero-order valence-corrected chi connectivity index (χ0v) is 21.8. The largest absolute Gasteiger partial charge is 0.478 e. The quantitative estimate of drug-likeness (QED) is 0.283. The zero-order valence-electron chi connectivity index (χ0n) is 21.0. The highest BCUT2D eigenvalue weighted by molar-refractivity contribution is 7.22. The number of carbonyl (C=O) groups is 1. The summed E-state index contributed by atoms with van der Waals surface area (Å²) < 4.78 is 27.6. The summed E-state index contributed by atoms with van der Waals surface area (Å²) in [5.74, 6) is -0.307. The molecule has 0 radical (unpaired) electrons. The molecule has 3 atom stereocenters. The minimum Gasteiger partial charge on any atom is -0.478 e. The first-order chi connectivity index (χ1) is 18.5. The molecule has 2 bridgehead atoms. The van der Waals surface area contributed by atoms with Gasteiger partial charge in [0.25, 0.3) is 0 Å². The van der Waals surface area contributed by atoms with Crippen molar-refractivity contribution in [3.05, 3.63) is 64.7 Å². The van der Waals surface area contributed by atoms with E-state index in [2.05, 4.69) is 34.1 Å². The number of hydrogen-bond acceptors (Lipinski definition) is 7. The van der Waals surface area contributed by atoms with Gasteiger partial charge in [0, 0.05) is 29.1 Å². The molecule has 196 valence electrons. The maximum atomic E-state index is 14.6. The van der Waals surface area contributed by atoms with Crippen molar-refractivity contribution < 1.29 is 23.6 Å². The van der Waals surface area contributed by atoms with Gasteiger partial charge in [-0.15, -0.1) is 0 Å². The van der Waals surface area contributed by atoms with Crippen molar-refractivity contribution >= 4 is 32.7 Å². The molecule has 2 aromatic heterocycles. The third kappa shape index (κ3) is 4.08. The highest BCUT2D eigenvalue weighted by atomic mass is 32.1. The highest BCUT2D eigenvalue weighted by Crippen LogP contribution is 2.46. The zero-order chi connectivity index (χ0) is 26.0. The molecule has 7 nitrogen and oxygen atoms in total. The molecule has 2 saturated heterocycles.